The van der Waals surface area contributed by atoms with Gasteiger partial charge in [-0.25, -0.2) is 9.07 Å². The van der Waals surface area contributed by atoms with E-state index in [0.717, 1.165) is 31.8 Å². The quantitative estimate of drug-likeness (QED) is 0.765. The van der Waals surface area contributed by atoms with E-state index in [9.17, 15) is 22.4 Å². The van der Waals surface area contributed by atoms with Crippen molar-refractivity contribution < 1.29 is 22.4 Å². The van der Waals surface area contributed by atoms with E-state index < -0.39 is 29.3 Å². The first-order valence-corrected chi connectivity index (χ1v) is 9.47. The number of aromatic nitrogens is 3. The Hall–Kier alpha value is -2.49. The van der Waals surface area contributed by atoms with Gasteiger partial charge in [0.1, 0.15) is 5.82 Å². The maximum Gasteiger partial charge on any atom is 0.435 e. The lowest BCUT2D eigenvalue weighted by Crippen LogP contribution is -2.45. The van der Waals surface area contributed by atoms with E-state index in [1.54, 1.807) is 0 Å². The van der Waals surface area contributed by atoms with Crippen molar-refractivity contribution in [2.24, 2.45) is 5.92 Å². The Labute approximate surface area is 165 Å². The van der Waals surface area contributed by atoms with Crippen LogP contribution in [-0.2, 0) is 6.18 Å². The first-order chi connectivity index (χ1) is 13.6. The van der Waals surface area contributed by atoms with E-state index in [-0.39, 0.29) is 11.7 Å². The van der Waals surface area contributed by atoms with E-state index in [4.69, 9.17) is 0 Å². The minimum absolute atomic E-state index is 0.161. The Kier molecular flexibility index (Phi) is 6.21. The molecular formula is C19H23F4N5O. The van der Waals surface area contributed by atoms with Crippen LogP contribution in [0.2, 0.25) is 0 Å². The van der Waals surface area contributed by atoms with Gasteiger partial charge in [-0.3, -0.25) is 4.79 Å². The molecule has 1 aliphatic heterocycles. The predicted molar refractivity (Wildman–Crippen MR) is 98.1 cm³/mol. The van der Waals surface area contributed by atoms with Gasteiger partial charge in [-0.05, 0) is 37.0 Å². The van der Waals surface area contributed by atoms with Gasteiger partial charge in [-0.15, -0.1) is 5.10 Å². The summed E-state index contributed by atoms with van der Waals surface area (Å²) < 4.78 is 54.9. The summed E-state index contributed by atoms with van der Waals surface area (Å²) in [4.78, 5) is 14.8. The van der Waals surface area contributed by atoms with Crippen LogP contribution in [0.5, 0.6) is 0 Å². The molecule has 3 rings (SSSR count). The van der Waals surface area contributed by atoms with Gasteiger partial charge in [0, 0.05) is 25.7 Å². The zero-order valence-corrected chi connectivity index (χ0v) is 16.2. The Bertz CT molecular complexity index is 857. The van der Waals surface area contributed by atoms with Crippen molar-refractivity contribution in [1.29, 1.82) is 0 Å². The zero-order valence-electron chi connectivity index (χ0n) is 16.2. The summed E-state index contributed by atoms with van der Waals surface area (Å²) in [6.07, 6.45) is -3.58. The number of carbonyl (C=O) groups is 1. The van der Waals surface area contributed by atoms with Crippen LogP contribution >= 0.6 is 0 Å². The molecule has 1 saturated heterocycles. The highest BCUT2D eigenvalue weighted by atomic mass is 19.4. The fourth-order valence-electron chi connectivity index (χ4n) is 3.51. The lowest BCUT2D eigenvalue weighted by atomic mass is 10.0. The maximum atomic E-state index is 13.7. The second-order valence-electron chi connectivity index (χ2n) is 7.62. The highest BCUT2D eigenvalue weighted by molar-refractivity contribution is 5.93. The molecule has 1 amide bonds. The number of benzene rings is 1. The number of rotatable bonds is 5. The van der Waals surface area contributed by atoms with Crippen molar-refractivity contribution in [2.75, 3.05) is 19.6 Å². The molecule has 0 saturated carbocycles. The average Bonchev–Trinajstić information content (AvgIpc) is 3.09. The normalized spacial score (nSPS) is 16.4. The van der Waals surface area contributed by atoms with Gasteiger partial charge in [-0.2, -0.15) is 13.2 Å². The van der Waals surface area contributed by atoms with E-state index in [1.807, 2.05) is 0 Å². The number of alkyl halides is 3. The monoisotopic (exact) mass is 413 g/mol. The SMILES string of the molecule is CC(C)CN1CCC(NC(=O)c2nnn(-c3cccc(F)c3)c2C(F)(F)F)CC1. The number of halogens is 4. The molecule has 0 aliphatic carbocycles. The van der Waals surface area contributed by atoms with Crippen molar-refractivity contribution in [3.05, 3.63) is 41.5 Å². The van der Waals surface area contributed by atoms with Crippen LogP contribution < -0.4 is 5.32 Å². The Morgan fingerprint density at radius 3 is 2.55 bits per heavy atom. The summed E-state index contributed by atoms with van der Waals surface area (Å²) in [6.45, 7) is 6.72. The van der Waals surface area contributed by atoms with Crippen molar-refractivity contribution in [3.63, 3.8) is 0 Å². The van der Waals surface area contributed by atoms with Crippen molar-refractivity contribution in [2.45, 2.75) is 38.9 Å². The van der Waals surface area contributed by atoms with Gasteiger partial charge in [-0.1, -0.05) is 25.1 Å². The molecule has 1 aliphatic rings. The van der Waals surface area contributed by atoms with Crippen LogP contribution in [0.1, 0.15) is 42.9 Å². The minimum Gasteiger partial charge on any atom is -0.348 e. The number of hydrogen-bond donors (Lipinski definition) is 1. The summed E-state index contributed by atoms with van der Waals surface area (Å²) in [5.41, 5.74) is -2.30. The van der Waals surface area contributed by atoms with E-state index in [0.29, 0.717) is 23.4 Å². The molecule has 1 aromatic heterocycles. The standard InChI is InChI=1S/C19H23F4N5O/c1-12(2)11-27-8-6-14(7-9-27)24-18(29)16-17(19(21,22)23)28(26-25-16)15-5-3-4-13(20)10-15/h3-5,10,12,14H,6-9,11H2,1-2H3,(H,24,29). The third-order valence-corrected chi connectivity index (χ3v) is 4.75. The molecule has 10 heteroatoms. The molecule has 0 spiro atoms. The molecule has 1 aromatic carbocycles. The number of amides is 1. The van der Waals surface area contributed by atoms with Crippen LogP contribution in [0.25, 0.3) is 5.69 Å². The molecule has 1 fully saturated rings. The van der Waals surface area contributed by atoms with E-state index >= 15 is 0 Å². The Balaban J connectivity index is 1.78. The number of nitrogens with zero attached hydrogens (tertiary/aromatic N) is 4. The first-order valence-electron chi connectivity index (χ1n) is 9.47. The molecule has 2 heterocycles. The first kappa shape index (κ1) is 21.2. The summed E-state index contributed by atoms with van der Waals surface area (Å²) in [7, 11) is 0. The molecule has 29 heavy (non-hydrogen) atoms. The minimum atomic E-state index is -4.89. The summed E-state index contributed by atoms with van der Waals surface area (Å²) in [5.74, 6) is -1.12. The molecule has 0 radical (unpaired) electrons. The fraction of sp³-hybridized carbons (Fsp3) is 0.526. The molecule has 0 bridgehead atoms. The fourth-order valence-corrected chi connectivity index (χ4v) is 3.51. The Morgan fingerprint density at radius 1 is 1.28 bits per heavy atom. The van der Waals surface area contributed by atoms with Crippen LogP contribution in [0.3, 0.4) is 0 Å². The molecule has 158 valence electrons. The number of nitrogens with one attached hydrogen (secondary N) is 1. The molecule has 6 nitrogen and oxygen atoms in total. The summed E-state index contributed by atoms with van der Waals surface area (Å²) in [6, 6.07) is 4.30. The molecular weight excluding hydrogens is 390 g/mol. The highest BCUT2D eigenvalue weighted by Gasteiger charge is 2.42. The number of hydrogen-bond acceptors (Lipinski definition) is 4. The van der Waals surface area contributed by atoms with Crippen LogP contribution in [0.15, 0.2) is 24.3 Å². The molecule has 0 unspecified atom stereocenters. The lowest BCUT2D eigenvalue weighted by Gasteiger charge is -2.33. The van der Waals surface area contributed by atoms with E-state index in [2.05, 4.69) is 34.4 Å². The van der Waals surface area contributed by atoms with Crippen LogP contribution in [0, 0.1) is 11.7 Å². The second-order valence-corrected chi connectivity index (χ2v) is 7.62. The summed E-state index contributed by atoms with van der Waals surface area (Å²) in [5, 5.41) is 9.56. The van der Waals surface area contributed by atoms with Gasteiger partial charge in [0.25, 0.3) is 5.91 Å². The maximum absolute atomic E-state index is 13.7. The van der Waals surface area contributed by atoms with Crippen molar-refractivity contribution >= 4 is 5.91 Å². The topological polar surface area (TPSA) is 63.1 Å². The third-order valence-electron chi connectivity index (χ3n) is 4.75. The zero-order chi connectivity index (χ0) is 21.2. The Morgan fingerprint density at radius 2 is 1.97 bits per heavy atom. The largest absolute Gasteiger partial charge is 0.435 e. The van der Waals surface area contributed by atoms with Gasteiger partial charge in [0.2, 0.25) is 0 Å². The highest BCUT2D eigenvalue weighted by Crippen LogP contribution is 2.33. The van der Waals surface area contributed by atoms with Gasteiger partial charge >= 0.3 is 6.18 Å². The number of piperidine rings is 1. The molecule has 0 atom stereocenters. The van der Waals surface area contributed by atoms with Gasteiger partial charge in [0.05, 0.1) is 5.69 Å². The lowest BCUT2D eigenvalue weighted by molar-refractivity contribution is -0.143. The average molecular weight is 413 g/mol. The van der Waals surface area contributed by atoms with Crippen LogP contribution in [0.4, 0.5) is 17.6 Å². The van der Waals surface area contributed by atoms with Crippen molar-refractivity contribution in [3.8, 4) is 5.69 Å². The number of likely N-dealkylation sites (tertiary alicyclic amines) is 1. The van der Waals surface area contributed by atoms with Crippen molar-refractivity contribution in [1.82, 2.24) is 25.2 Å². The third kappa shape index (κ3) is 5.11. The van der Waals surface area contributed by atoms with E-state index in [1.165, 1.54) is 12.1 Å². The molecule has 2 aromatic rings. The molecule has 1 N–H and O–H groups in total. The summed E-state index contributed by atoms with van der Waals surface area (Å²) >= 11 is 0. The van der Waals surface area contributed by atoms with Crippen LogP contribution in [-0.4, -0.2) is 51.5 Å². The predicted octanol–water partition coefficient (Wildman–Crippen LogP) is 3.28. The number of carbonyl (C=O) groups excluding carboxylic acids is 1. The smallest absolute Gasteiger partial charge is 0.348 e. The van der Waals surface area contributed by atoms with Gasteiger partial charge < -0.3 is 10.2 Å². The second kappa shape index (κ2) is 8.48. The van der Waals surface area contributed by atoms with Gasteiger partial charge in [0.15, 0.2) is 11.4 Å².